The Hall–Kier alpha value is -3.56. The van der Waals surface area contributed by atoms with Crippen LogP contribution >= 0.6 is 0 Å². The molecule has 1 aliphatic rings. The number of hydrogen-bond donors (Lipinski definition) is 2. The van der Waals surface area contributed by atoms with E-state index < -0.39 is 64.2 Å². The number of pyridine rings is 2. The van der Waals surface area contributed by atoms with Crippen LogP contribution < -0.4 is 15.8 Å². The predicted octanol–water partition coefficient (Wildman–Crippen LogP) is 2.59. The van der Waals surface area contributed by atoms with Gasteiger partial charge in [-0.3, -0.25) is 9.10 Å². The van der Waals surface area contributed by atoms with Crippen LogP contribution in [0.15, 0.2) is 39.8 Å². The highest BCUT2D eigenvalue weighted by molar-refractivity contribution is 7.92. The van der Waals surface area contributed by atoms with Gasteiger partial charge in [-0.15, -0.1) is 0 Å². The molecule has 0 aromatic carbocycles. The molecule has 190 valence electrons. The summed E-state index contributed by atoms with van der Waals surface area (Å²) in [5.41, 5.74) is 3.50. The summed E-state index contributed by atoms with van der Waals surface area (Å²) in [6.07, 6.45) is -3.60. The SMILES string of the molecule is CN1C(N)=N[C@](C)(c2nc(NC(=O)c3ccc(OCF)cn3)ccc2F)CS1(=O)=NCC(F)(F)F. The number of aliphatic imine (C=N–C) groups is 1. The first-order valence-corrected chi connectivity index (χ1v) is 11.4. The van der Waals surface area contributed by atoms with E-state index in [0.717, 1.165) is 29.7 Å². The van der Waals surface area contributed by atoms with Crippen LogP contribution in [0.3, 0.4) is 0 Å². The maximum Gasteiger partial charge on any atom is 0.408 e. The molecule has 2 atom stereocenters. The summed E-state index contributed by atoms with van der Waals surface area (Å²) in [4.78, 5) is 24.4. The average molecular weight is 521 g/mol. The highest BCUT2D eigenvalue weighted by atomic mass is 32.2. The summed E-state index contributed by atoms with van der Waals surface area (Å²) in [6.45, 7) is -1.49. The van der Waals surface area contributed by atoms with E-state index >= 15 is 0 Å². The number of ether oxygens (including phenoxy) is 1. The Bertz CT molecular complexity index is 1260. The molecule has 3 rings (SSSR count). The van der Waals surface area contributed by atoms with Crippen LogP contribution in [0.4, 0.5) is 27.8 Å². The lowest BCUT2D eigenvalue weighted by molar-refractivity contribution is -0.117. The number of nitrogens with two attached hydrogens (primary N) is 1. The lowest BCUT2D eigenvalue weighted by atomic mass is 10.00. The molecule has 1 amide bonds. The number of nitrogens with one attached hydrogen (secondary N) is 1. The number of amides is 1. The first-order valence-electron chi connectivity index (χ1n) is 9.76. The van der Waals surface area contributed by atoms with E-state index in [4.69, 9.17) is 5.73 Å². The molecule has 0 saturated carbocycles. The van der Waals surface area contributed by atoms with Crippen LogP contribution in [0.1, 0.15) is 23.1 Å². The van der Waals surface area contributed by atoms with Crippen molar-refractivity contribution in [1.82, 2.24) is 14.3 Å². The quantitative estimate of drug-likeness (QED) is 0.561. The summed E-state index contributed by atoms with van der Waals surface area (Å²) >= 11 is 0. The zero-order chi connectivity index (χ0) is 26.0. The van der Waals surface area contributed by atoms with Gasteiger partial charge < -0.3 is 15.8 Å². The topological polar surface area (TPSA) is 135 Å². The number of carbonyl (C=O) groups excluding carboxylic acids is 1. The summed E-state index contributed by atoms with van der Waals surface area (Å²) in [5, 5.41) is 2.39. The normalized spacial score (nSPS) is 22.4. The second kappa shape index (κ2) is 9.59. The fourth-order valence-electron chi connectivity index (χ4n) is 3.13. The molecule has 3 heterocycles. The molecule has 0 spiro atoms. The van der Waals surface area contributed by atoms with E-state index in [2.05, 4.69) is 29.4 Å². The fourth-order valence-corrected chi connectivity index (χ4v) is 5.20. The molecular weight excluding hydrogens is 501 g/mol. The van der Waals surface area contributed by atoms with E-state index in [1.807, 2.05) is 0 Å². The monoisotopic (exact) mass is 521 g/mol. The first kappa shape index (κ1) is 26.1. The minimum atomic E-state index is -4.72. The standard InChI is InChI=1S/C19H20F5N7O3S/c1-18(9-35(33,27-8-19(22,23)24)31(2)17(25)30-18)15-12(21)4-6-14(28-15)29-16(32)13-5-3-11(7-26-13)34-10-20/h3-7H,8-10H2,1-2H3,(H2,25,30)(H,28,29,32)/t18-,35?/m0/s1. The second-order valence-corrected chi connectivity index (χ2v) is 9.82. The van der Waals surface area contributed by atoms with Crippen LogP contribution in [-0.4, -0.2) is 62.7 Å². The molecule has 0 aliphatic carbocycles. The Labute approximate surface area is 196 Å². The molecule has 1 unspecified atom stereocenters. The molecule has 0 fully saturated rings. The van der Waals surface area contributed by atoms with Crippen LogP contribution in [0.25, 0.3) is 0 Å². The number of alkyl halides is 4. The van der Waals surface area contributed by atoms with Crippen LogP contribution in [0.5, 0.6) is 5.75 Å². The van der Waals surface area contributed by atoms with Gasteiger partial charge >= 0.3 is 6.18 Å². The summed E-state index contributed by atoms with van der Waals surface area (Å²) in [6, 6.07) is 4.65. The van der Waals surface area contributed by atoms with E-state index in [9.17, 15) is 31.0 Å². The van der Waals surface area contributed by atoms with Crippen molar-refractivity contribution in [2.45, 2.75) is 18.6 Å². The van der Waals surface area contributed by atoms with Gasteiger partial charge in [-0.2, -0.15) is 13.2 Å². The summed E-state index contributed by atoms with van der Waals surface area (Å²) in [5.74, 6) is -2.80. The smallest absolute Gasteiger partial charge is 0.408 e. The van der Waals surface area contributed by atoms with Crippen molar-refractivity contribution in [3.63, 3.8) is 0 Å². The van der Waals surface area contributed by atoms with Crippen molar-refractivity contribution in [1.29, 1.82) is 0 Å². The van der Waals surface area contributed by atoms with Gasteiger partial charge in [-0.1, -0.05) is 0 Å². The number of nitrogens with zero attached hydrogens (tertiary/aromatic N) is 5. The maximum absolute atomic E-state index is 14.8. The highest BCUT2D eigenvalue weighted by Crippen LogP contribution is 2.34. The number of hydrogen-bond acceptors (Lipinski definition) is 8. The maximum atomic E-state index is 14.8. The third-order valence-electron chi connectivity index (χ3n) is 4.81. The van der Waals surface area contributed by atoms with Crippen molar-refractivity contribution >= 4 is 27.6 Å². The molecule has 1 aliphatic heterocycles. The first-order chi connectivity index (χ1) is 16.3. The number of halogens is 5. The number of guanidine groups is 1. The Morgan fingerprint density at radius 3 is 2.66 bits per heavy atom. The van der Waals surface area contributed by atoms with Gasteiger partial charge in [0.2, 0.25) is 12.8 Å². The van der Waals surface area contributed by atoms with Crippen molar-refractivity contribution in [2.24, 2.45) is 15.1 Å². The van der Waals surface area contributed by atoms with Gasteiger partial charge in [0, 0.05) is 7.05 Å². The zero-order valence-electron chi connectivity index (χ0n) is 18.3. The van der Waals surface area contributed by atoms with Crippen molar-refractivity contribution < 1.29 is 35.7 Å². The number of anilines is 1. The minimum Gasteiger partial charge on any atom is -0.461 e. The van der Waals surface area contributed by atoms with Gasteiger partial charge in [0.25, 0.3) is 5.91 Å². The molecule has 35 heavy (non-hydrogen) atoms. The van der Waals surface area contributed by atoms with Crippen LogP contribution in [0.2, 0.25) is 0 Å². The van der Waals surface area contributed by atoms with Gasteiger partial charge in [0.05, 0.1) is 11.9 Å². The zero-order valence-corrected chi connectivity index (χ0v) is 19.2. The Balaban J connectivity index is 1.93. The third kappa shape index (κ3) is 5.93. The van der Waals surface area contributed by atoms with E-state index in [-0.39, 0.29) is 17.3 Å². The average Bonchev–Trinajstić information content (AvgIpc) is 2.78. The Morgan fingerprint density at radius 2 is 2.06 bits per heavy atom. The van der Waals surface area contributed by atoms with Crippen molar-refractivity contribution in [3.05, 3.63) is 47.7 Å². The summed E-state index contributed by atoms with van der Waals surface area (Å²) in [7, 11) is -2.61. The molecule has 10 nitrogen and oxygen atoms in total. The van der Waals surface area contributed by atoms with Crippen molar-refractivity contribution in [2.75, 3.05) is 31.5 Å². The molecule has 2 aromatic rings. The van der Waals surface area contributed by atoms with Crippen LogP contribution in [-0.2, 0) is 15.5 Å². The minimum absolute atomic E-state index is 0.0920. The fraction of sp³-hybridized carbons (Fsp3) is 0.368. The van der Waals surface area contributed by atoms with Gasteiger partial charge in [-0.25, -0.2) is 32.3 Å². The molecule has 3 N–H and O–H groups in total. The number of carbonyl (C=O) groups is 1. The number of aromatic nitrogens is 2. The van der Waals surface area contributed by atoms with Crippen molar-refractivity contribution in [3.8, 4) is 5.75 Å². The Morgan fingerprint density at radius 1 is 1.34 bits per heavy atom. The molecule has 2 aromatic heterocycles. The van der Waals surface area contributed by atoms with E-state index in [1.165, 1.54) is 19.1 Å². The lowest BCUT2D eigenvalue weighted by Gasteiger charge is -2.36. The van der Waals surface area contributed by atoms with E-state index in [0.29, 0.717) is 0 Å². The third-order valence-corrected chi connectivity index (χ3v) is 7.33. The molecule has 0 radical (unpaired) electrons. The summed E-state index contributed by atoms with van der Waals surface area (Å²) < 4.78 is 87.1. The van der Waals surface area contributed by atoms with Crippen LogP contribution in [0, 0.1) is 5.82 Å². The molecule has 0 saturated heterocycles. The number of rotatable bonds is 6. The molecule has 16 heteroatoms. The predicted molar refractivity (Wildman–Crippen MR) is 116 cm³/mol. The van der Waals surface area contributed by atoms with E-state index in [1.54, 1.807) is 0 Å². The molecular formula is C19H20F5N7O3S. The van der Waals surface area contributed by atoms with Gasteiger partial charge in [0.1, 0.15) is 50.8 Å². The van der Waals surface area contributed by atoms with Gasteiger partial charge in [-0.05, 0) is 31.2 Å². The highest BCUT2D eigenvalue weighted by Gasteiger charge is 2.42. The lowest BCUT2D eigenvalue weighted by Crippen LogP contribution is -2.51. The molecule has 0 bridgehead atoms. The Kier molecular flexibility index (Phi) is 7.14. The second-order valence-electron chi connectivity index (χ2n) is 7.51. The largest absolute Gasteiger partial charge is 0.461 e. The van der Waals surface area contributed by atoms with Gasteiger partial charge in [0.15, 0.2) is 0 Å².